The van der Waals surface area contributed by atoms with Crippen molar-refractivity contribution in [2.75, 3.05) is 13.7 Å². The van der Waals surface area contributed by atoms with Crippen molar-refractivity contribution in [3.8, 4) is 5.88 Å². The minimum absolute atomic E-state index is 0.00733. The second-order valence-electron chi connectivity index (χ2n) is 6.57. The summed E-state index contributed by atoms with van der Waals surface area (Å²) in [6, 6.07) is 9.69. The van der Waals surface area contributed by atoms with Gasteiger partial charge in [0, 0.05) is 25.5 Å². The zero-order valence-corrected chi connectivity index (χ0v) is 14.8. The van der Waals surface area contributed by atoms with Crippen molar-refractivity contribution < 1.29 is 14.1 Å². The molecule has 0 saturated carbocycles. The van der Waals surface area contributed by atoms with Gasteiger partial charge in [-0.2, -0.15) is 0 Å². The Kier molecular flexibility index (Phi) is 4.60. The van der Waals surface area contributed by atoms with Gasteiger partial charge >= 0.3 is 0 Å². The van der Waals surface area contributed by atoms with E-state index in [1.54, 1.807) is 13.2 Å². The van der Waals surface area contributed by atoms with E-state index in [1.807, 2.05) is 29.2 Å². The monoisotopic (exact) mass is 354 g/mol. The van der Waals surface area contributed by atoms with Crippen molar-refractivity contribution in [2.45, 2.75) is 38.1 Å². The number of likely N-dealkylation sites (tertiary alicyclic amines) is 1. The van der Waals surface area contributed by atoms with E-state index in [0.717, 1.165) is 42.7 Å². The number of aromatic amines is 1. The van der Waals surface area contributed by atoms with Gasteiger partial charge in [-0.1, -0.05) is 12.1 Å². The van der Waals surface area contributed by atoms with Crippen LogP contribution in [0.2, 0.25) is 0 Å². The quantitative estimate of drug-likeness (QED) is 0.760. The standard InChI is InChI=1S/C19H22N4O3/c1-25-17-12-13(26-22-17)9-10-18(24)23-11-5-4-8-16(23)19-20-14-6-2-3-7-15(14)21-19/h2-3,6-7,12,16H,4-5,8-11H2,1H3,(H,20,21)/t16-/m1/s1. The van der Waals surface area contributed by atoms with Crippen LogP contribution in [0.15, 0.2) is 34.9 Å². The maximum Gasteiger partial charge on any atom is 0.254 e. The van der Waals surface area contributed by atoms with Gasteiger partial charge in [-0.15, -0.1) is 0 Å². The highest BCUT2D eigenvalue weighted by Gasteiger charge is 2.30. The molecule has 0 aliphatic carbocycles. The van der Waals surface area contributed by atoms with Crippen LogP contribution in [0.1, 0.15) is 43.3 Å². The zero-order chi connectivity index (χ0) is 17.9. The molecule has 136 valence electrons. The molecule has 1 amide bonds. The number of ether oxygens (including phenoxy) is 1. The van der Waals surface area contributed by atoms with Gasteiger partial charge in [0.2, 0.25) is 5.91 Å². The predicted molar refractivity (Wildman–Crippen MR) is 95.8 cm³/mol. The van der Waals surface area contributed by atoms with Gasteiger partial charge in [0.15, 0.2) is 0 Å². The van der Waals surface area contributed by atoms with Crippen molar-refractivity contribution in [3.05, 3.63) is 41.9 Å². The Morgan fingerprint density at radius 3 is 3.08 bits per heavy atom. The molecule has 1 fully saturated rings. The molecule has 1 aliphatic heterocycles. The molecule has 3 aromatic rings. The highest BCUT2D eigenvalue weighted by molar-refractivity contribution is 5.78. The van der Waals surface area contributed by atoms with Gasteiger partial charge in [-0.3, -0.25) is 4.79 Å². The van der Waals surface area contributed by atoms with E-state index in [4.69, 9.17) is 14.2 Å². The number of rotatable bonds is 5. The normalized spacial score (nSPS) is 17.6. The molecule has 1 saturated heterocycles. The summed E-state index contributed by atoms with van der Waals surface area (Å²) in [4.78, 5) is 22.9. The van der Waals surface area contributed by atoms with E-state index < -0.39 is 0 Å². The molecule has 7 heteroatoms. The Hall–Kier alpha value is -2.83. The van der Waals surface area contributed by atoms with Gasteiger partial charge in [-0.05, 0) is 36.6 Å². The minimum Gasteiger partial charge on any atom is -0.479 e. The molecule has 4 rings (SSSR count). The van der Waals surface area contributed by atoms with Gasteiger partial charge in [0.25, 0.3) is 5.88 Å². The SMILES string of the molecule is COc1cc(CCC(=O)N2CCCC[C@@H]2c2nc3ccccc3[nH]2)on1. The number of aromatic nitrogens is 3. The summed E-state index contributed by atoms with van der Waals surface area (Å²) in [6.45, 7) is 0.764. The molecule has 26 heavy (non-hydrogen) atoms. The summed E-state index contributed by atoms with van der Waals surface area (Å²) >= 11 is 0. The molecule has 1 atom stereocenters. The Morgan fingerprint density at radius 1 is 1.38 bits per heavy atom. The number of benzene rings is 1. The van der Waals surface area contributed by atoms with Gasteiger partial charge < -0.3 is 19.1 Å². The first kappa shape index (κ1) is 16.6. The first-order valence-corrected chi connectivity index (χ1v) is 8.98. The van der Waals surface area contributed by atoms with Crippen LogP contribution < -0.4 is 4.74 Å². The van der Waals surface area contributed by atoms with E-state index in [-0.39, 0.29) is 11.9 Å². The van der Waals surface area contributed by atoms with Gasteiger partial charge in [-0.25, -0.2) is 4.98 Å². The number of H-pyrrole nitrogens is 1. The molecule has 1 aromatic carbocycles. The summed E-state index contributed by atoms with van der Waals surface area (Å²) in [7, 11) is 1.54. The Balaban J connectivity index is 1.48. The van der Waals surface area contributed by atoms with Crippen molar-refractivity contribution in [2.24, 2.45) is 0 Å². The van der Waals surface area contributed by atoms with E-state index in [2.05, 4.69) is 10.1 Å². The number of amides is 1. The summed E-state index contributed by atoms with van der Waals surface area (Å²) in [6.07, 6.45) is 3.96. The third-order valence-electron chi connectivity index (χ3n) is 4.88. The second-order valence-corrected chi connectivity index (χ2v) is 6.57. The number of fused-ring (bicyclic) bond motifs is 1. The highest BCUT2D eigenvalue weighted by atomic mass is 16.5. The first-order chi connectivity index (χ1) is 12.7. The Morgan fingerprint density at radius 2 is 2.27 bits per heavy atom. The van der Waals surface area contributed by atoms with Crippen LogP contribution in [0.4, 0.5) is 0 Å². The lowest BCUT2D eigenvalue weighted by atomic mass is 10.0. The highest BCUT2D eigenvalue weighted by Crippen LogP contribution is 2.31. The fourth-order valence-corrected chi connectivity index (χ4v) is 3.53. The van der Waals surface area contributed by atoms with E-state index in [9.17, 15) is 4.79 Å². The number of carbonyl (C=O) groups is 1. The molecule has 1 N–H and O–H groups in total. The molecule has 0 radical (unpaired) electrons. The third kappa shape index (κ3) is 3.29. The predicted octanol–water partition coefficient (Wildman–Crippen LogP) is 3.25. The van der Waals surface area contributed by atoms with Crippen LogP contribution in [-0.2, 0) is 11.2 Å². The molecule has 0 spiro atoms. The second kappa shape index (κ2) is 7.19. The molecule has 0 unspecified atom stereocenters. The fraction of sp³-hybridized carbons (Fsp3) is 0.421. The lowest BCUT2D eigenvalue weighted by Gasteiger charge is -2.34. The lowest BCUT2D eigenvalue weighted by molar-refractivity contribution is -0.135. The van der Waals surface area contributed by atoms with E-state index in [0.29, 0.717) is 24.5 Å². The van der Waals surface area contributed by atoms with Crippen molar-refractivity contribution in [1.82, 2.24) is 20.0 Å². The number of nitrogens with one attached hydrogen (secondary N) is 1. The van der Waals surface area contributed by atoms with Crippen LogP contribution in [0.25, 0.3) is 11.0 Å². The van der Waals surface area contributed by atoms with Gasteiger partial charge in [0.05, 0.1) is 24.2 Å². The lowest BCUT2D eigenvalue weighted by Crippen LogP contribution is -2.39. The van der Waals surface area contributed by atoms with Crippen molar-refractivity contribution in [3.63, 3.8) is 0 Å². The fourth-order valence-electron chi connectivity index (χ4n) is 3.53. The smallest absolute Gasteiger partial charge is 0.254 e. The van der Waals surface area contributed by atoms with Crippen LogP contribution in [-0.4, -0.2) is 39.6 Å². The largest absolute Gasteiger partial charge is 0.479 e. The number of carbonyl (C=O) groups excluding carboxylic acids is 1. The maximum absolute atomic E-state index is 12.8. The number of imidazole rings is 1. The van der Waals surface area contributed by atoms with E-state index in [1.165, 1.54) is 0 Å². The zero-order valence-electron chi connectivity index (χ0n) is 14.8. The first-order valence-electron chi connectivity index (χ1n) is 8.98. The molecule has 7 nitrogen and oxygen atoms in total. The average molecular weight is 354 g/mol. The summed E-state index contributed by atoms with van der Waals surface area (Å²) in [5, 5.41) is 3.77. The third-order valence-corrected chi connectivity index (χ3v) is 4.88. The minimum atomic E-state index is 0.00733. The van der Waals surface area contributed by atoms with E-state index >= 15 is 0 Å². The molecule has 3 heterocycles. The Bertz CT molecular complexity index is 868. The number of hydrogen-bond acceptors (Lipinski definition) is 5. The van der Waals surface area contributed by atoms with Crippen LogP contribution in [0.5, 0.6) is 5.88 Å². The Labute approximate surface area is 151 Å². The molecular weight excluding hydrogens is 332 g/mol. The molecule has 2 aromatic heterocycles. The van der Waals surface area contributed by atoms with Crippen molar-refractivity contribution >= 4 is 16.9 Å². The number of para-hydroxylation sites is 2. The molecular formula is C19H22N4O3. The van der Waals surface area contributed by atoms with Crippen LogP contribution in [0, 0.1) is 0 Å². The summed E-state index contributed by atoms with van der Waals surface area (Å²) in [5.74, 6) is 2.09. The van der Waals surface area contributed by atoms with Crippen molar-refractivity contribution in [1.29, 1.82) is 0 Å². The molecule has 1 aliphatic rings. The summed E-state index contributed by atoms with van der Waals surface area (Å²) < 4.78 is 10.2. The molecule has 0 bridgehead atoms. The summed E-state index contributed by atoms with van der Waals surface area (Å²) in [5.41, 5.74) is 1.95. The number of methoxy groups -OCH3 is 1. The average Bonchev–Trinajstić information content (AvgIpc) is 3.32. The number of piperidine rings is 1. The maximum atomic E-state index is 12.8. The van der Waals surface area contributed by atoms with Crippen LogP contribution in [0.3, 0.4) is 0 Å². The number of nitrogens with zero attached hydrogens (tertiary/aromatic N) is 3. The number of hydrogen-bond donors (Lipinski definition) is 1. The van der Waals surface area contributed by atoms with Gasteiger partial charge in [0.1, 0.15) is 11.6 Å². The number of aryl methyl sites for hydroxylation is 1. The topological polar surface area (TPSA) is 84.2 Å². The van der Waals surface area contributed by atoms with Crippen LogP contribution >= 0.6 is 0 Å².